The van der Waals surface area contributed by atoms with Crippen molar-refractivity contribution in [2.24, 2.45) is 5.92 Å². The first kappa shape index (κ1) is 18.0. The van der Waals surface area contributed by atoms with Crippen LogP contribution in [0.15, 0.2) is 37.1 Å². The number of rotatable bonds is 4. The summed E-state index contributed by atoms with van der Waals surface area (Å²) in [6.45, 7) is 5.87. The summed E-state index contributed by atoms with van der Waals surface area (Å²) in [5.41, 5.74) is 0.674. The minimum Gasteiger partial charge on any atom is -0.380 e. The Morgan fingerprint density at radius 2 is 2.15 bits per heavy atom. The topological polar surface area (TPSA) is 63.5 Å². The number of piperidine rings is 1. The first-order valence-corrected chi connectivity index (χ1v) is 9.83. The number of pyridine rings is 1. The summed E-state index contributed by atoms with van der Waals surface area (Å²) in [5.74, 6) is 1.48. The van der Waals surface area contributed by atoms with Crippen molar-refractivity contribution in [3.8, 4) is 0 Å². The minimum absolute atomic E-state index is 0.0866. The molecule has 0 bridgehead atoms. The highest BCUT2D eigenvalue weighted by molar-refractivity contribution is 5.94. The highest BCUT2D eigenvalue weighted by Gasteiger charge is 2.25. The minimum atomic E-state index is 0.0866. The van der Waals surface area contributed by atoms with E-state index < -0.39 is 0 Å². The Balaban J connectivity index is 1.38. The van der Waals surface area contributed by atoms with Crippen molar-refractivity contribution in [3.63, 3.8) is 0 Å². The third kappa shape index (κ3) is 4.47. The Hall–Kier alpha value is -2.41. The van der Waals surface area contributed by atoms with Gasteiger partial charge in [-0.25, -0.2) is 9.97 Å². The van der Waals surface area contributed by atoms with Gasteiger partial charge in [0, 0.05) is 57.9 Å². The van der Waals surface area contributed by atoms with E-state index in [4.69, 9.17) is 4.74 Å². The highest BCUT2D eigenvalue weighted by atomic mass is 16.5. The summed E-state index contributed by atoms with van der Waals surface area (Å²) >= 11 is 0. The van der Waals surface area contributed by atoms with Gasteiger partial charge in [0.15, 0.2) is 0 Å². The number of amides is 1. The molecule has 7 nitrogen and oxygen atoms in total. The van der Waals surface area contributed by atoms with Gasteiger partial charge in [0.2, 0.25) is 0 Å². The zero-order valence-corrected chi connectivity index (χ0v) is 15.7. The molecule has 0 radical (unpaired) electrons. The molecule has 27 heavy (non-hydrogen) atoms. The summed E-state index contributed by atoms with van der Waals surface area (Å²) in [6, 6.07) is 3.88. The highest BCUT2D eigenvalue weighted by Crippen LogP contribution is 2.21. The quantitative estimate of drug-likeness (QED) is 0.825. The number of carbonyl (C=O) groups excluding carboxylic acids is 1. The molecule has 2 saturated heterocycles. The van der Waals surface area contributed by atoms with E-state index in [-0.39, 0.29) is 5.91 Å². The van der Waals surface area contributed by atoms with Crippen LogP contribution in [-0.4, -0.2) is 64.7 Å². The number of likely N-dealkylation sites (tertiary alicyclic amines) is 1. The molecule has 4 rings (SSSR count). The van der Waals surface area contributed by atoms with E-state index in [1.165, 1.54) is 0 Å². The molecule has 144 valence electrons. The smallest absolute Gasteiger partial charge is 0.255 e. The van der Waals surface area contributed by atoms with E-state index in [0.29, 0.717) is 11.5 Å². The van der Waals surface area contributed by atoms with Crippen LogP contribution in [0.3, 0.4) is 0 Å². The van der Waals surface area contributed by atoms with Gasteiger partial charge in [-0.1, -0.05) is 0 Å². The number of ether oxygens (including phenoxy) is 1. The average molecular weight is 369 g/mol. The summed E-state index contributed by atoms with van der Waals surface area (Å²) in [5, 5.41) is 0. The molecule has 2 aliphatic rings. The SMILES string of the molecule is O=C(c1ccc(N2CCCOCC2)nc1)N1CCC[C@H](Cn2ccnc2)C1. The number of carbonyl (C=O) groups is 1. The predicted molar refractivity (Wildman–Crippen MR) is 103 cm³/mol. The number of hydrogen-bond donors (Lipinski definition) is 0. The monoisotopic (exact) mass is 369 g/mol. The Bertz CT molecular complexity index is 723. The van der Waals surface area contributed by atoms with Gasteiger partial charge < -0.3 is 19.1 Å². The average Bonchev–Trinajstić information content (AvgIpc) is 3.07. The lowest BCUT2D eigenvalue weighted by atomic mass is 9.97. The van der Waals surface area contributed by atoms with Gasteiger partial charge in [-0.2, -0.15) is 0 Å². The van der Waals surface area contributed by atoms with Gasteiger partial charge in [-0.15, -0.1) is 0 Å². The molecule has 2 aromatic heterocycles. The second kappa shape index (κ2) is 8.52. The van der Waals surface area contributed by atoms with E-state index in [1.54, 1.807) is 12.4 Å². The van der Waals surface area contributed by atoms with Crippen molar-refractivity contribution in [2.75, 3.05) is 44.3 Å². The zero-order chi connectivity index (χ0) is 18.5. The van der Waals surface area contributed by atoms with Gasteiger partial charge >= 0.3 is 0 Å². The van der Waals surface area contributed by atoms with Crippen LogP contribution in [0.5, 0.6) is 0 Å². The Morgan fingerprint density at radius 3 is 2.96 bits per heavy atom. The number of aromatic nitrogens is 3. The second-order valence-corrected chi connectivity index (χ2v) is 7.38. The molecule has 0 unspecified atom stereocenters. The third-order valence-electron chi connectivity index (χ3n) is 5.38. The Kier molecular flexibility index (Phi) is 5.67. The lowest BCUT2D eigenvalue weighted by molar-refractivity contribution is 0.0662. The van der Waals surface area contributed by atoms with Crippen LogP contribution < -0.4 is 4.90 Å². The molecule has 0 aromatic carbocycles. The first-order valence-electron chi connectivity index (χ1n) is 9.83. The molecule has 0 spiro atoms. The lowest BCUT2D eigenvalue weighted by Crippen LogP contribution is -2.41. The van der Waals surface area contributed by atoms with Crippen molar-refractivity contribution < 1.29 is 9.53 Å². The van der Waals surface area contributed by atoms with Crippen LogP contribution in [0.1, 0.15) is 29.6 Å². The molecule has 4 heterocycles. The summed E-state index contributed by atoms with van der Waals surface area (Å²) in [7, 11) is 0. The van der Waals surface area contributed by atoms with Crippen LogP contribution in [0, 0.1) is 5.92 Å². The van der Waals surface area contributed by atoms with E-state index in [9.17, 15) is 4.79 Å². The maximum absolute atomic E-state index is 12.9. The van der Waals surface area contributed by atoms with Crippen molar-refractivity contribution in [1.29, 1.82) is 0 Å². The zero-order valence-electron chi connectivity index (χ0n) is 15.7. The second-order valence-electron chi connectivity index (χ2n) is 7.38. The fourth-order valence-corrected chi connectivity index (χ4v) is 3.95. The lowest BCUT2D eigenvalue weighted by Gasteiger charge is -2.33. The first-order chi connectivity index (χ1) is 13.3. The van der Waals surface area contributed by atoms with E-state index in [1.807, 2.05) is 29.6 Å². The number of imidazole rings is 1. The van der Waals surface area contributed by atoms with Crippen LogP contribution in [0.25, 0.3) is 0 Å². The standard InChI is InChI=1S/C20H27N5O2/c26-20(25-7-1-3-17(15-25)14-23-9-6-21-16-23)18-4-5-19(22-13-18)24-8-2-11-27-12-10-24/h4-6,9,13,16-17H,1-3,7-8,10-12,14-15H2/t17-/m1/s1. The fourth-order valence-electron chi connectivity index (χ4n) is 3.95. The molecule has 1 atom stereocenters. The molecule has 2 fully saturated rings. The summed E-state index contributed by atoms with van der Waals surface area (Å²) in [6.07, 6.45) is 10.6. The molecular formula is C20H27N5O2. The molecule has 2 aliphatic heterocycles. The Labute approximate surface area is 160 Å². The van der Waals surface area contributed by atoms with Crippen LogP contribution >= 0.6 is 0 Å². The largest absolute Gasteiger partial charge is 0.380 e. The van der Waals surface area contributed by atoms with Gasteiger partial charge in [-0.3, -0.25) is 4.79 Å². The van der Waals surface area contributed by atoms with Crippen LogP contribution in [0.4, 0.5) is 5.82 Å². The van der Waals surface area contributed by atoms with Crippen molar-refractivity contribution in [3.05, 3.63) is 42.6 Å². The molecule has 0 aliphatic carbocycles. The number of anilines is 1. The third-order valence-corrected chi connectivity index (χ3v) is 5.38. The van der Waals surface area contributed by atoms with Crippen molar-refractivity contribution in [2.45, 2.75) is 25.8 Å². The van der Waals surface area contributed by atoms with E-state index in [2.05, 4.69) is 19.4 Å². The maximum atomic E-state index is 12.9. The van der Waals surface area contributed by atoms with Crippen molar-refractivity contribution in [1.82, 2.24) is 19.4 Å². The van der Waals surface area contributed by atoms with Gasteiger partial charge in [0.05, 0.1) is 18.5 Å². The summed E-state index contributed by atoms with van der Waals surface area (Å²) < 4.78 is 7.60. The van der Waals surface area contributed by atoms with Gasteiger partial charge in [0.25, 0.3) is 5.91 Å². The molecule has 7 heteroatoms. The predicted octanol–water partition coefficient (Wildman–Crippen LogP) is 2.06. The molecule has 0 N–H and O–H groups in total. The maximum Gasteiger partial charge on any atom is 0.255 e. The number of hydrogen-bond acceptors (Lipinski definition) is 5. The van der Waals surface area contributed by atoms with Gasteiger partial charge in [-0.05, 0) is 37.3 Å². The van der Waals surface area contributed by atoms with Crippen LogP contribution in [-0.2, 0) is 11.3 Å². The normalized spacial score (nSPS) is 21.1. The fraction of sp³-hybridized carbons (Fsp3) is 0.550. The van der Waals surface area contributed by atoms with Crippen LogP contribution in [0.2, 0.25) is 0 Å². The molecule has 0 saturated carbocycles. The molecule has 2 aromatic rings. The van der Waals surface area contributed by atoms with Crippen molar-refractivity contribution >= 4 is 11.7 Å². The van der Waals surface area contributed by atoms with E-state index in [0.717, 1.165) is 71.0 Å². The van der Waals surface area contributed by atoms with Gasteiger partial charge in [0.1, 0.15) is 5.82 Å². The Morgan fingerprint density at radius 1 is 1.19 bits per heavy atom. The summed E-state index contributed by atoms with van der Waals surface area (Å²) in [4.78, 5) is 25.8. The van der Waals surface area contributed by atoms with E-state index >= 15 is 0 Å². The molecular weight excluding hydrogens is 342 g/mol. The molecule has 1 amide bonds. The number of nitrogens with zero attached hydrogens (tertiary/aromatic N) is 5.